The number of carbonyl (C=O) groups excluding carboxylic acids is 2. The molecule has 0 aromatic carbocycles. The summed E-state index contributed by atoms with van der Waals surface area (Å²) < 4.78 is 0. The smallest absolute Gasteiger partial charge is 0.224 e. The molecule has 2 aliphatic rings. The lowest BCUT2D eigenvalue weighted by atomic mass is 9.93. The van der Waals surface area contributed by atoms with E-state index >= 15 is 0 Å². The van der Waals surface area contributed by atoms with Gasteiger partial charge in [0.15, 0.2) is 0 Å². The highest BCUT2D eigenvalue weighted by molar-refractivity contribution is 5.84. The van der Waals surface area contributed by atoms with Crippen molar-refractivity contribution in [2.45, 2.75) is 63.8 Å². The lowest BCUT2D eigenvalue weighted by Crippen LogP contribution is -2.50. The predicted octanol–water partition coefficient (Wildman–Crippen LogP) is 2.70. The molecule has 1 saturated heterocycles. The van der Waals surface area contributed by atoms with Crippen molar-refractivity contribution in [1.29, 1.82) is 0 Å². The fourth-order valence-corrected chi connectivity index (χ4v) is 4.03. The molecule has 0 spiro atoms. The molecule has 5 heteroatoms. The molecular formula is C20H29N3O2. The van der Waals surface area contributed by atoms with E-state index in [0.717, 1.165) is 24.8 Å². The van der Waals surface area contributed by atoms with Crippen molar-refractivity contribution < 1.29 is 9.59 Å². The maximum atomic E-state index is 12.5. The first-order valence-corrected chi connectivity index (χ1v) is 9.70. The molecule has 2 amide bonds. The van der Waals surface area contributed by atoms with Crippen LogP contribution >= 0.6 is 0 Å². The van der Waals surface area contributed by atoms with Gasteiger partial charge in [-0.1, -0.05) is 31.7 Å². The zero-order chi connectivity index (χ0) is 17.5. The minimum Gasteiger partial charge on any atom is -0.355 e. The average molecular weight is 343 g/mol. The minimum atomic E-state index is -0.0603. The van der Waals surface area contributed by atoms with Gasteiger partial charge in [0.05, 0.1) is 5.92 Å². The highest BCUT2D eigenvalue weighted by Crippen LogP contribution is 2.27. The van der Waals surface area contributed by atoms with E-state index in [1.165, 1.54) is 25.7 Å². The number of aromatic nitrogens is 1. The Hall–Kier alpha value is -1.91. The van der Waals surface area contributed by atoms with E-state index in [4.69, 9.17) is 0 Å². The Balaban J connectivity index is 1.49. The normalized spacial score (nSPS) is 22.5. The summed E-state index contributed by atoms with van der Waals surface area (Å²) in [4.78, 5) is 31.0. The van der Waals surface area contributed by atoms with Crippen molar-refractivity contribution in [1.82, 2.24) is 15.2 Å². The van der Waals surface area contributed by atoms with Gasteiger partial charge < -0.3 is 10.2 Å². The predicted molar refractivity (Wildman–Crippen MR) is 96.9 cm³/mol. The third-order valence-electron chi connectivity index (χ3n) is 5.52. The molecule has 3 rings (SSSR count). The van der Waals surface area contributed by atoms with Crippen LogP contribution in [-0.4, -0.2) is 40.8 Å². The number of hydrogen-bond acceptors (Lipinski definition) is 3. The Morgan fingerprint density at radius 3 is 2.72 bits per heavy atom. The van der Waals surface area contributed by atoms with E-state index in [1.807, 2.05) is 23.2 Å². The number of nitrogens with zero attached hydrogens (tertiary/aromatic N) is 2. The molecule has 1 atom stereocenters. The standard InChI is InChI=1S/C20H29N3O2/c24-19-10-9-17(15-23(19)18-7-3-1-2-4-8-18)20(25)22-13-11-16-6-5-12-21-14-16/h5-6,12,14,17-18H,1-4,7-11,13,15H2,(H,22,25)/t17-/m1/s1. The van der Waals surface area contributed by atoms with Crippen molar-refractivity contribution in [3.05, 3.63) is 30.1 Å². The fraction of sp³-hybridized carbons (Fsp3) is 0.650. The fourth-order valence-electron chi connectivity index (χ4n) is 4.03. The Morgan fingerprint density at radius 1 is 1.20 bits per heavy atom. The summed E-state index contributed by atoms with van der Waals surface area (Å²) in [5.41, 5.74) is 1.13. The summed E-state index contributed by atoms with van der Waals surface area (Å²) in [6.07, 6.45) is 12.7. The van der Waals surface area contributed by atoms with Crippen LogP contribution in [-0.2, 0) is 16.0 Å². The molecule has 2 heterocycles. The zero-order valence-electron chi connectivity index (χ0n) is 15.0. The lowest BCUT2D eigenvalue weighted by molar-refractivity contribution is -0.141. The van der Waals surface area contributed by atoms with Gasteiger partial charge in [-0.15, -0.1) is 0 Å². The average Bonchev–Trinajstić information content (AvgIpc) is 2.92. The third-order valence-corrected chi connectivity index (χ3v) is 5.52. The van der Waals surface area contributed by atoms with Gasteiger partial charge >= 0.3 is 0 Å². The summed E-state index contributed by atoms with van der Waals surface area (Å²) in [5.74, 6) is 0.274. The number of nitrogens with one attached hydrogen (secondary N) is 1. The largest absolute Gasteiger partial charge is 0.355 e. The van der Waals surface area contributed by atoms with Crippen LogP contribution < -0.4 is 5.32 Å². The van der Waals surface area contributed by atoms with E-state index in [9.17, 15) is 9.59 Å². The SMILES string of the molecule is O=C(NCCc1cccnc1)[C@@H]1CCC(=O)N(C2CCCCCC2)C1. The molecule has 1 aliphatic carbocycles. The number of rotatable bonds is 5. The summed E-state index contributed by atoms with van der Waals surface area (Å²) in [7, 11) is 0. The third kappa shape index (κ3) is 5.03. The summed E-state index contributed by atoms with van der Waals surface area (Å²) in [5, 5.41) is 3.05. The van der Waals surface area contributed by atoms with Gasteiger partial charge in [0.1, 0.15) is 0 Å². The molecule has 1 aromatic rings. The molecular weight excluding hydrogens is 314 g/mol. The maximum absolute atomic E-state index is 12.5. The van der Waals surface area contributed by atoms with Crippen LogP contribution in [0.4, 0.5) is 0 Å². The van der Waals surface area contributed by atoms with Gasteiger partial charge in [0.2, 0.25) is 11.8 Å². The van der Waals surface area contributed by atoms with E-state index in [0.29, 0.717) is 32.0 Å². The molecule has 5 nitrogen and oxygen atoms in total. The van der Waals surface area contributed by atoms with Gasteiger partial charge in [-0.2, -0.15) is 0 Å². The first-order valence-electron chi connectivity index (χ1n) is 9.70. The highest BCUT2D eigenvalue weighted by atomic mass is 16.2. The summed E-state index contributed by atoms with van der Waals surface area (Å²) in [6, 6.07) is 4.28. The number of amides is 2. The number of piperidine rings is 1. The monoisotopic (exact) mass is 343 g/mol. The molecule has 2 fully saturated rings. The van der Waals surface area contributed by atoms with E-state index in [1.54, 1.807) is 6.20 Å². The van der Waals surface area contributed by atoms with Crippen LogP contribution in [0.25, 0.3) is 0 Å². The Morgan fingerprint density at radius 2 is 2.00 bits per heavy atom. The first-order chi connectivity index (χ1) is 12.2. The van der Waals surface area contributed by atoms with Crippen LogP contribution in [0.2, 0.25) is 0 Å². The molecule has 1 N–H and O–H groups in total. The van der Waals surface area contributed by atoms with Crippen LogP contribution in [0.15, 0.2) is 24.5 Å². The van der Waals surface area contributed by atoms with Crippen molar-refractivity contribution in [2.24, 2.45) is 5.92 Å². The number of hydrogen-bond donors (Lipinski definition) is 1. The van der Waals surface area contributed by atoms with Crippen LogP contribution in [0.1, 0.15) is 56.9 Å². The van der Waals surface area contributed by atoms with Crippen molar-refractivity contribution >= 4 is 11.8 Å². The van der Waals surface area contributed by atoms with Gasteiger partial charge in [-0.25, -0.2) is 0 Å². The molecule has 0 unspecified atom stereocenters. The molecule has 25 heavy (non-hydrogen) atoms. The molecule has 1 saturated carbocycles. The molecule has 0 radical (unpaired) electrons. The summed E-state index contributed by atoms with van der Waals surface area (Å²) in [6.45, 7) is 1.22. The number of pyridine rings is 1. The van der Waals surface area contributed by atoms with E-state index < -0.39 is 0 Å². The van der Waals surface area contributed by atoms with Gasteiger partial charge in [-0.3, -0.25) is 14.6 Å². The topological polar surface area (TPSA) is 62.3 Å². The Kier molecular flexibility index (Phi) is 6.42. The Bertz CT molecular complexity index is 568. The van der Waals surface area contributed by atoms with Crippen LogP contribution in [0.5, 0.6) is 0 Å². The lowest BCUT2D eigenvalue weighted by Gasteiger charge is -2.37. The van der Waals surface area contributed by atoms with Crippen molar-refractivity contribution in [2.75, 3.05) is 13.1 Å². The molecule has 1 aromatic heterocycles. The quantitative estimate of drug-likeness (QED) is 0.836. The second-order valence-electron chi connectivity index (χ2n) is 7.33. The minimum absolute atomic E-state index is 0.0603. The second kappa shape index (κ2) is 8.97. The van der Waals surface area contributed by atoms with E-state index in [-0.39, 0.29) is 17.7 Å². The second-order valence-corrected chi connectivity index (χ2v) is 7.33. The summed E-state index contributed by atoms with van der Waals surface area (Å²) >= 11 is 0. The van der Waals surface area contributed by atoms with E-state index in [2.05, 4.69) is 10.3 Å². The van der Waals surface area contributed by atoms with Gasteiger partial charge in [-0.05, 0) is 37.3 Å². The maximum Gasteiger partial charge on any atom is 0.224 e. The van der Waals surface area contributed by atoms with Crippen LogP contribution in [0, 0.1) is 5.92 Å². The zero-order valence-corrected chi connectivity index (χ0v) is 15.0. The first kappa shape index (κ1) is 17.9. The van der Waals surface area contributed by atoms with Crippen molar-refractivity contribution in [3.63, 3.8) is 0 Å². The highest BCUT2D eigenvalue weighted by Gasteiger charge is 2.34. The van der Waals surface area contributed by atoms with Crippen LogP contribution in [0.3, 0.4) is 0 Å². The van der Waals surface area contributed by atoms with Crippen molar-refractivity contribution in [3.8, 4) is 0 Å². The number of likely N-dealkylation sites (tertiary alicyclic amines) is 1. The Labute approximate surface area is 150 Å². The van der Waals surface area contributed by atoms with Gasteiger partial charge in [0.25, 0.3) is 0 Å². The molecule has 0 bridgehead atoms. The molecule has 136 valence electrons. The van der Waals surface area contributed by atoms with Gasteiger partial charge in [0, 0.05) is 37.9 Å². The molecule has 1 aliphatic heterocycles. The number of carbonyl (C=O) groups is 2.